The van der Waals surface area contributed by atoms with Crippen LogP contribution < -0.4 is 5.32 Å². The molecule has 3 rings (SSSR count). The van der Waals surface area contributed by atoms with Gasteiger partial charge >= 0.3 is 0 Å². The summed E-state index contributed by atoms with van der Waals surface area (Å²) in [5, 5.41) is 17.7. The molecule has 3 aromatic rings. The number of benzene rings is 2. The summed E-state index contributed by atoms with van der Waals surface area (Å²) in [7, 11) is 0. The Bertz CT molecular complexity index is 949. The summed E-state index contributed by atoms with van der Waals surface area (Å²) < 4.78 is 1.79. The molecule has 1 N–H and O–H groups in total. The highest BCUT2D eigenvalue weighted by Crippen LogP contribution is 2.15. The first kappa shape index (κ1) is 17.1. The van der Waals surface area contributed by atoms with Crippen molar-refractivity contribution in [3.8, 4) is 0 Å². The Labute approximate surface area is 149 Å². The van der Waals surface area contributed by atoms with Crippen molar-refractivity contribution in [2.24, 2.45) is 0 Å². The summed E-state index contributed by atoms with van der Waals surface area (Å²) in [5.74, 6) is -0.312. The highest BCUT2D eigenvalue weighted by atomic mass is 16.6. The third kappa shape index (κ3) is 4.64. The molecule has 0 unspecified atom stereocenters. The zero-order chi connectivity index (χ0) is 18.4. The lowest BCUT2D eigenvalue weighted by Gasteiger charge is -2.06. The summed E-state index contributed by atoms with van der Waals surface area (Å²) >= 11 is 0. The zero-order valence-electron chi connectivity index (χ0n) is 13.8. The number of non-ortho nitro benzene ring substituents is 1. The number of aromatic nitrogens is 2. The van der Waals surface area contributed by atoms with Gasteiger partial charge in [0.2, 0.25) is 5.91 Å². The van der Waals surface area contributed by atoms with Gasteiger partial charge in [-0.1, -0.05) is 24.3 Å². The third-order valence-electron chi connectivity index (χ3n) is 3.61. The maximum Gasteiger partial charge on any atom is 0.270 e. The number of carbonyl (C=O) groups excluding carboxylic acids is 1. The quantitative estimate of drug-likeness (QED) is 0.419. The van der Waals surface area contributed by atoms with Gasteiger partial charge in [0.05, 0.1) is 11.5 Å². The smallest absolute Gasteiger partial charge is 0.270 e. The van der Waals surface area contributed by atoms with E-state index in [9.17, 15) is 14.9 Å². The number of amides is 1. The Morgan fingerprint density at radius 3 is 2.81 bits per heavy atom. The van der Waals surface area contributed by atoms with Crippen LogP contribution in [0.1, 0.15) is 11.1 Å². The van der Waals surface area contributed by atoms with Gasteiger partial charge in [0.25, 0.3) is 5.69 Å². The van der Waals surface area contributed by atoms with Crippen molar-refractivity contribution >= 4 is 23.4 Å². The van der Waals surface area contributed by atoms with Crippen LogP contribution in [-0.4, -0.2) is 20.6 Å². The minimum atomic E-state index is -0.470. The molecule has 0 radical (unpaired) electrons. The standard InChI is InChI=1S/C19H16N4O3/c24-19(9-8-15-4-2-7-18(13-15)23(25)26)21-17-6-1-5-16(12-17)14-22-11-3-10-20-22/h1-13H,14H2,(H,21,24)/b9-8+. The normalized spacial score (nSPS) is 10.8. The third-order valence-corrected chi connectivity index (χ3v) is 3.61. The molecule has 0 aliphatic carbocycles. The SMILES string of the molecule is O=C(/C=C/c1cccc([N+](=O)[O-])c1)Nc1cccc(Cn2cccn2)c1. The topological polar surface area (TPSA) is 90.1 Å². The van der Waals surface area contributed by atoms with E-state index in [1.165, 1.54) is 24.3 Å². The first-order valence-corrected chi connectivity index (χ1v) is 7.90. The van der Waals surface area contributed by atoms with Crippen molar-refractivity contribution in [1.82, 2.24) is 9.78 Å². The van der Waals surface area contributed by atoms with Gasteiger partial charge in [0.15, 0.2) is 0 Å². The molecule has 0 bridgehead atoms. The van der Waals surface area contributed by atoms with E-state index in [0.717, 1.165) is 5.56 Å². The van der Waals surface area contributed by atoms with Gasteiger partial charge in [0.1, 0.15) is 0 Å². The fourth-order valence-corrected chi connectivity index (χ4v) is 2.43. The lowest BCUT2D eigenvalue weighted by molar-refractivity contribution is -0.384. The Morgan fingerprint density at radius 1 is 1.19 bits per heavy atom. The average molecular weight is 348 g/mol. The van der Waals surface area contributed by atoms with E-state index in [4.69, 9.17) is 0 Å². The van der Waals surface area contributed by atoms with Crippen LogP contribution in [0.2, 0.25) is 0 Å². The molecule has 0 saturated heterocycles. The zero-order valence-corrected chi connectivity index (χ0v) is 13.8. The fraction of sp³-hybridized carbons (Fsp3) is 0.0526. The second kappa shape index (κ2) is 7.89. The number of nitrogens with zero attached hydrogens (tertiary/aromatic N) is 3. The molecule has 26 heavy (non-hydrogen) atoms. The molecule has 0 saturated carbocycles. The molecule has 0 spiro atoms. The number of nitro benzene ring substituents is 1. The largest absolute Gasteiger partial charge is 0.323 e. The number of nitro groups is 1. The van der Waals surface area contributed by atoms with Gasteiger partial charge in [-0.2, -0.15) is 5.10 Å². The second-order valence-electron chi connectivity index (χ2n) is 5.58. The van der Waals surface area contributed by atoms with Gasteiger partial charge in [0, 0.05) is 36.3 Å². The van der Waals surface area contributed by atoms with Crippen molar-refractivity contribution in [2.45, 2.75) is 6.54 Å². The predicted octanol–water partition coefficient (Wildman–Crippen LogP) is 3.49. The van der Waals surface area contributed by atoms with E-state index in [1.54, 1.807) is 29.1 Å². The van der Waals surface area contributed by atoms with Gasteiger partial charge in [-0.25, -0.2) is 0 Å². The summed E-state index contributed by atoms with van der Waals surface area (Å²) in [5.41, 5.74) is 2.25. The molecule has 0 atom stereocenters. The summed E-state index contributed by atoms with van der Waals surface area (Å²) in [6, 6.07) is 15.4. The summed E-state index contributed by atoms with van der Waals surface area (Å²) in [4.78, 5) is 22.4. The number of nitrogens with one attached hydrogen (secondary N) is 1. The first-order valence-electron chi connectivity index (χ1n) is 7.90. The minimum Gasteiger partial charge on any atom is -0.323 e. The summed E-state index contributed by atoms with van der Waals surface area (Å²) in [6.07, 6.45) is 6.46. The highest BCUT2D eigenvalue weighted by molar-refractivity contribution is 6.02. The van der Waals surface area contributed by atoms with E-state index in [2.05, 4.69) is 10.4 Å². The van der Waals surface area contributed by atoms with Crippen molar-refractivity contribution in [1.29, 1.82) is 0 Å². The lowest BCUT2D eigenvalue weighted by Crippen LogP contribution is -2.08. The van der Waals surface area contributed by atoms with Gasteiger partial charge in [-0.15, -0.1) is 0 Å². The molecule has 0 fully saturated rings. The Balaban J connectivity index is 1.64. The van der Waals surface area contributed by atoms with Gasteiger partial charge < -0.3 is 5.32 Å². The number of rotatable bonds is 6. The number of carbonyl (C=O) groups is 1. The Morgan fingerprint density at radius 2 is 2.04 bits per heavy atom. The van der Waals surface area contributed by atoms with E-state index < -0.39 is 4.92 Å². The van der Waals surface area contributed by atoms with Crippen molar-refractivity contribution in [3.05, 3.63) is 94.3 Å². The van der Waals surface area contributed by atoms with E-state index in [1.807, 2.05) is 30.5 Å². The summed E-state index contributed by atoms with van der Waals surface area (Å²) in [6.45, 7) is 0.611. The fourth-order valence-electron chi connectivity index (χ4n) is 2.43. The van der Waals surface area contributed by atoms with Gasteiger partial charge in [-0.3, -0.25) is 19.6 Å². The monoisotopic (exact) mass is 348 g/mol. The minimum absolute atomic E-state index is 0.0149. The Kier molecular flexibility index (Phi) is 5.19. The van der Waals surface area contributed by atoms with Crippen molar-refractivity contribution < 1.29 is 9.72 Å². The molecular weight excluding hydrogens is 332 g/mol. The molecule has 1 heterocycles. The molecular formula is C19H16N4O3. The number of hydrogen-bond acceptors (Lipinski definition) is 4. The van der Waals surface area contributed by atoms with E-state index in [0.29, 0.717) is 17.8 Å². The van der Waals surface area contributed by atoms with E-state index in [-0.39, 0.29) is 11.6 Å². The van der Waals surface area contributed by atoms with Crippen LogP contribution in [0.15, 0.2) is 73.1 Å². The predicted molar refractivity (Wildman–Crippen MR) is 98.5 cm³/mol. The van der Waals surface area contributed by atoms with Crippen LogP contribution in [0, 0.1) is 10.1 Å². The second-order valence-corrected chi connectivity index (χ2v) is 5.58. The molecule has 7 heteroatoms. The molecule has 130 valence electrons. The molecule has 1 amide bonds. The van der Waals surface area contributed by atoms with Crippen LogP contribution >= 0.6 is 0 Å². The number of anilines is 1. The molecule has 7 nitrogen and oxygen atoms in total. The van der Waals surface area contributed by atoms with Crippen LogP contribution in [0.5, 0.6) is 0 Å². The van der Waals surface area contributed by atoms with Gasteiger partial charge in [-0.05, 0) is 35.4 Å². The lowest BCUT2D eigenvalue weighted by atomic mass is 10.2. The maximum atomic E-state index is 12.1. The van der Waals surface area contributed by atoms with Crippen LogP contribution in [0.4, 0.5) is 11.4 Å². The maximum absolute atomic E-state index is 12.1. The molecule has 2 aromatic carbocycles. The number of hydrogen-bond donors (Lipinski definition) is 1. The van der Waals surface area contributed by atoms with Crippen LogP contribution in [-0.2, 0) is 11.3 Å². The van der Waals surface area contributed by atoms with Crippen LogP contribution in [0.3, 0.4) is 0 Å². The van der Waals surface area contributed by atoms with Crippen molar-refractivity contribution in [2.75, 3.05) is 5.32 Å². The average Bonchev–Trinajstić information content (AvgIpc) is 3.13. The van der Waals surface area contributed by atoms with E-state index >= 15 is 0 Å². The first-order chi connectivity index (χ1) is 12.6. The molecule has 1 aromatic heterocycles. The Hall–Kier alpha value is -3.74. The molecule has 0 aliphatic heterocycles. The highest BCUT2D eigenvalue weighted by Gasteiger charge is 2.05. The van der Waals surface area contributed by atoms with Crippen LogP contribution in [0.25, 0.3) is 6.08 Å². The molecule has 0 aliphatic rings. The van der Waals surface area contributed by atoms with Crippen molar-refractivity contribution in [3.63, 3.8) is 0 Å².